The van der Waals surface area contributed by atoms with E-state index in [0.717, 1.165) is 0 Å². The Morgan fingerprint density at radius 3 is 2.35 bits per heavy atom. The van der Waals surface area contributed by atoms with Gasteiger partial charge in [-0.1, -0.05) is 5.92 Å². The Bertz CT molecular complexity index is 767. The van der Waals surface area contributed by atoms with E-state index in [2.05, 4.69) is 5.92 Å². The molecule has 1 rings (SSSR count). The van der Waals surface area contributed by atoms with E-state index in [1.54, 1.807) is 53.2 Å². The molecule has 1 aromatic carbocycles. The minimum absolute atomic E-state index is 0.0867. The summed E-state index contributed by atoms with van der Waals surface area (Å²) >= 11 is 0. The number of nitrogens with zero attached hydrogens (tertiary/aromatic N) is 1. The largest absolute Gasteiger partial charge is 0.462 e. The molecule has 0 heterocycles. The molecule has 0 aliphatic rings. The van der Waals surface area contributed by atoms with Crippen LogP contribution < -0.4 is 10.2 Å². The summed E-state index contributed by atoms with van der Waals surface area (Å²) in [4.78, 5) is 26.2. The van der Waals surface area contributed by atoms with Gasteiger partial charge in [-0.05, 0) is 59.2 Å². The standard InChI is InChI=1S/C19H26NO5P/c1-8-12-20(18(22)25-19(3,4)5)16-11-10-14(26(6,7)23)13-15(16)17(21)24-9-2/h1,10-11,13H,9,12H2,2-7H3. The molecule has 0 unspecified atom stereocenters. The summed E-state index contributed by atoms with van der Waals surface area (Å²) in [5.74, 6) is 1.77. The van der Waals surface area contributed by atoms with E-state index in [-0.39, 0.29) is 24.4 Å². The van der Waals surface area contributed by atoms with E-state index >= 15 is 0 Å². The first-order valence-corrected chi connectivity index (χ1v) is 10.8. The van der Waals surface area contributed by atoms with E-state index < -0.39 is 24.8 Å². The lowest BCUT2D eigenvalue weighted by atomic mass is 10.1. The number of amides is 1. The third-order valence-corrected chi connectivity index (χ3v) is 4.77. The Kier molecular flexibility index (Phi) is 7.06. The average Bonchev–Trinajstić information content (AvgIpc) is 2.49. The topological polar surface area (TPSA) is 72.9 Å². The van der Waals surface area contributed by atoms with Crippen LogP contribution in [-0.2, 0) is 14.0 Å². The number of carbonyl (C=O) groups is 2. The molecule has 0 saturated carbocycles. The first kappa shape index (κ1) is 21.8. The van der Waals surface area contributed by atoms with Crippen LogP contribution in [0.1, 0.15) is 38.1 Å². The van der Waals surface area contributed by atoms with Crippen LogP contribution in [0.3, 0.4) is 0 Å². The number of anilines is 1. The van der Waals surface area contributed by atoms with Gasteiger partial charge in [0.25, 0.3) is 0 Å². The Morgan fingerprint density at radius 1 is 1.27 bits per heavy atom. The second-order valence-corrected chi connectivity index (χ2v) is 10.3. The van der Waals surface area contributed by atoms with Crippen LogP contribution in [0.2, 0.25) is 0 Å². The Morgan fingerprint density at radius 2 is 1.88 bits per heavy atom. The predicted octanol–water partition coefficient (Wildman–Crippen LogP) is 3.49. The van der Waals surface area contributed by atoms with Gasteiger partial charge in [0.1, 0.15) is 12.7 Å². The van der Waals surface area contributed by atoms with Crippen molar-refractivity contribution in [2.45, 2.75) is 33.3 Å². The summed E-state index contributed by atoms with van der Waals surface area (Å²) in [6.07, 6.45) is 4.72. The normalized spacial score (nSPS) is 11.4. The van der Waals surface area contributed by atoms with E-state index in [1.165, 1.54) is 11.0 Å². The molecule has 0 fully saturated rings. The third-order valence-electron chi connectivity index (χ3n) is 3.25. The van der Waals surface area contributed by atoms with Gasteiger partial charge in [0.05, 0.1) is 24.4 Å². The molecule has 0 radical (unpaired) electrons. The molecule has 0 bridgehead atoms. The molecule has 0 aromatic heterocycles. The highest BCUT2D eigenvalue weighted by molar-refractivity contribution is 7.70. The molecular formula is C19H26NO5P. The summed E-state index contributed by atoms with van der Waals surface area (Å²) in [6.45, 7) is 10.2. The predicted molar refractivity (Wildman–Crippen MR) is 104 cm³/mol. The molecule has 0 saturated heterocycles. The smallest absolute Gasteiger partial charge is 0.415 e. The number of hydrogen-bond acceptors (Lipinski definition) is 5. The fourth-order valence-electron chi connectivity index (χ4n) is 2.12. The lowest BCUT2D eigenvalue weighted by molar-refractivity contribution is 0.0527. The monoisotopic (exact) mass is 379 g/mol. The zero-order valence-electron chi connectivity index (χ0n) is 16.2. The van der Waals surface area contributed by atoms with Crippen molar-refractivity contribution in [1.82, 2.24) is 0 Å². The molecule has 0 aliphatic heterocycles. The summed E-state index contributed by atoms with van der Waals surface area (Å²) in [7, 11) is -2.61. The SMILES string of the molecule is C#CCN(C(=O)OC(C)(C)C)c1ccc(P(C)(C)=O)cc1C(=O)OCC. The highest BCUT2D eigenvalue weighted by atomic mass is 31.2. The molecule has 0 N–H and O–H groups in total. The zero-order valence-corrected chi connectivity index (χ0v) is 17.1. The van der Waals surface area contributed by atoms with Crippen molar-refractivity contribution in [3.8, 4) is 12.3 Å². The highest BCUT2D eigenvalue weighted by Crippen LogP contribution is 2.36. The fraction of sp³-hybridized carbons (Fsp3) is 0.474. The third kappa shape index (κ3) is 5.93. The molecule has 1 aromatic rings. The number of carbonyl (C=O) groups excluding carboxylic acids is 2. The van der Waals surface area contributed by atoms with Crippen molar-refractivity contribution in [2.75, 3.05) is 31.4 Å². The van der Waals surface area contributed by atoms with Gasteiger partial charge < -0.3 is 14.0 Å². The summed E-state index contributed by atoms with van der Waals surface area (Å²) < 4.78 is 22.9. The molecule has 26 heavy (non-hydrogen) atoms. The minimum atomic E-state index is -2.61. The molecule has 0 aliphatic carbocycles. The van der Waals surface area contributed by atoms with Crippen LogP contribution in [0, 0.1) is 12.3 Å². The molecule has 142 valence electrons. The summed E-state index contributed by atoms with van der Waals surface area (Å²) in [5.41, 5.74) is -0.349. The van der Waals surface area contributed by atoms with Crippen LogP contribution in [-0.4, -0.2) is 44.1 Å². The van der Waals surface area contributed by atoms with Crippen LogP contribution in [0.4, 0.5) is 10.5 Å². The van der Waals surface area contributed by atoms with E-state index in [4.69, 9.17) is 15.9 Å². The van der Waals surface area contributed by atoms with Crippen LogP contribution in [0.5, 0.6) is 0 Å². The lowest BCUT2D eigenvalue weighted by Crippen LogP contribution is -2.38. The maximum atomic E-state index is 12.6. The number of terminal acetylenes is 1. The van der Waals surface area contributed by atoms with Crippen molar-refractivity contribution >= 4 is 30.2 Å². The first-order chi connectivity index (χ1) is 11.9. The molecule has 0 atom stereocenters. The Balaban J connectivity index is 3.50. The molecule has 6 nitrogen and oxygen atoms in total. The van der Waals surface area contributed by atoms with Crippen molar-refractivity contribution < 1.29 is 23.6 Å². The van der Waals surface area contributed by atoms with Crippen molar-refractivity contribution in [3.63, 3.8) is 0 Å². The van der Waals surface area contributed by atoms with Gasteiger partial charge in [0.15, 0.2) is 0 Å². The van der Waals surface area contributed by atoms with E-state index in [0.29, 0.717) is 5.30 Å². The number of rotatable bonds is 5. The number of benzene rings is 1. The molecule has 7 heteroatoms. The molecular weight excluding hydrogens is 353 g/mol. The van der Waals surface area contributed by atoms with Gasteiger partial charge in [0.2, 0.25) is 0 Å². The van der Waals surface area contributed by atoms with Gasteiger partial charge >= 0.3 is 12.1 Å². The maximum Gasteiger partial charge on any atom is 0.415 e. The Labute approximate surface area is 155 Å². The quantitative estimate of drug-likeness (QED) is 0.445. The van der Waals surface area contributed by atoms with Crippen LogP contribution in [0.25, 0.3) is 0 Å². The first-order valence-electron chi connectivity index (χ1n) is 8.21. The second-order valence-electron chi connectivity index (χ2n) is 7.04. The van der Waals surface area contributed by atoms with Crippen molar-refractivity contribution in [3.05, 3.63) is 23.8 Å². The lowest BCUT2D eigenvalue weighted by Gasteiger charge is -2.27. The van der Waals surface area contributed by atoms with Crippen LogP contribution in [0.15, 0.2) is 18.2 Å². The average molecular weight is 379 g/mol. The summed E-state index contributed by atoms with van der Waals surface area (Å²) in [6, 6.07) is 4.65. The number of esters is 1. The van der Waals surface area contributed by atoms with Gasteiger partial charge in [-0.2, -0.15) is 0 Å². The summed E-state index contributed by atoms with van der Waals surface area (Å²) in [5, 5.41) is 0.508. The van der Waals surface area contributed by atoms with Gasteiger partial charge in [-0.25, -0.2) is 9.59 Å². The maximum absolute atomic E-state index is 12.6. The molecule has 0 spiro atoms. The van der Waals surface area contributed by atoms with E-state index in [1.807, 2.05) is 0 Å². The van der Waals surface area contributed by atoms with Gasteiger partial charge in [-0.15, -0.1) is 6.42 Å². The number of hydrogen-bond donors (Lipinski definition) is 0. The van der Waals surface area contributed by atoms with Crippen molar-refractivity contribution in [1.29, 1.82) is 0 Å². The minimum Gasteiger partial charge on any atom is -0.462 e. The van der Waals surface area contributed by atoms with E-state index in [9.17, 15) is 14.2 Å². The second kappa shape index (κ2) is 8.42. The Hall–Kier alpha value is -2.25. The highest BCUT2D eigenvalue weighted by Gasteiger charge is 2.28. The van der Waals surface area contributed by atoms with Crippen LogP contribution >= 0.6 is 7.14 Å². The molecule has 1 amide bonds. The van der Waals surface area contributed by atoms with Gasteiger partial charge in [-0.3, -0.25) is 4.90 Å². The number of ether oxygens (including phenoxy) is 2. The fourth-order valence-corrected chi connectivity index (χ4v) is 3.00. The van der Waals surface area contributed by atoms with Crippen molar-refractivity contribution in [2.24, 2.45) is 0 Å². The zero-order chi connectivity index (χ0) is 20.1. The van der Waals surface area contributed by atoms with Gasteiger partial charge in [0, 0.05) is 5.30 Å².